The third-order valence-electron chi connectivity index (χ3n) is 3.23. The Morgan fingerprint density at radius 2 is 1.94 bits per heavy atom. The summed E-state index contributed by atoms with van der Waals surface area (Å²) in [6.45, 7) is 0.847. The van der Waals surface area contributed by atoms with Crippen LogP contribution in [0.25, 0.3) is 0 Å². The van der Waals surface area contributed by atoms with E-state index in [1.54, 1.807) is 12.1 Å². The fourth-order valence-electron chi connectivity index (χ4n) is 2.26. The fourth-order valence-corrected chi connectivity index (χ4v) is 3.27. The van der Waals surface area contributed by atoms with Crippen molar-refractivity contribution in [1.82, 2.24) is 5.32 Å². The van der Waals surface area contributed by atoms with Crippen molar-refractivity contribution in [2.45, 2.75) is 23.2 Å². The summed E-state index contributed by atoms with van der Waals surface area (Å²) in [6.07, 6.45) is 3.42. The molecule has 1 aliphatic carbocycles. The topological polar surface area (TPSA) is 46.2 Å². The van der Waals surface area contributed by atoms with E-state index in [4.69, 9.17) is 0 Å². The maximum Gasteiger partial charge on any atom is 0.175 e. The van der Waals surface area contributed by atoms with Crippen LogP contribution in [-0.2, 0) is 15.3 Å². The van der Waals surface area contributed by atoms with Crippen LogP contribution in [-0.4, -0.2) is 28.3 Å². The van der Waals surface area contributed by atoms with Crippen molar-refractivity contribution >= 4 is 9.84 Å². The highest BCUT2D eigenvalue weighted by molar-refractivity contribution is 7.90. The molecule has 0 heterocycles. The van der Waals surface area contributed by atoms with E-state index in [9.17, 15) is 8.42 Å². The molecule has 0 saturated heterocycles. The summed E-state index contributed by atoms with van der Waals surface area (Å²) in [5.74, 6) is 0. The molecular formula is C12H17NO2S. The molecule has 1 aromatic rings. The van der Waals surface area contributed by atoms with E-state index < -0.39 is 9.84 Å². The van der Waals surface area contributed by atoms with Crippen LogP contribution in [0, 0.1) is 0 Å². The first-order valence-corrected chi connectivity index (χ1v) is 7.33. The van der Waals surface area contributed by atoms with Crippen LogP contribution in [0.4, 0.5) is 0 Å². The minimum Gasteiger partial charge on any atom is -0.319 e. The molecular weight excluding hydrogens is 222 g/mol. The van der Waals surface area contributed by atoms with Gasteiger partial charge < -0.3 is 5.32 Å². The number of hydrogen-bond donors (Lipinski definition) is 1. The average molecular weight is 239 g/mol. The van der Waals surface area contributed by atoms with E-state index >= 15 is 0 Å². The smallest absolute Gasteiger partial charge is 0.175 e. The first-order chi connectivity index (χ1) is 7.49. The molecule has 0 radical (unpaired) electrons. The van der Waals surface area contributed by atoms with Crippen molar-refractivity contribution in [2.24, 2.45) is 0 Å². The molecule has 1 aliphatic rings. The van der Waals surface area contributed by atoms with Crippen molar-refractivity contribution in [3.8, 4) is 0 Å². The predicted molar refractivity (Wildman–Crippen MR) is 64.4 cm³/mol. The van der Waals surface area contributed by atoms with Gasteiger partial charge in [0, 0.05) is 18.2 Å². The summed E-state index contributed by atoms with van der Waals surface area (Å²) < 4.78 is 23.4. The van der Waals surface area contributed by atoms with Gasteiger partial charge in [0.15, 0.2) is 9.84 Å². The van der Waals surface area contributed by atoms with Gasteiger partial charge in [0.05, 0.1) is 4.90 Å². The summed E-state index contributed by atoms with van der Waals surface area (Å²) in [5.41, 5.74) is 1.03. The summed E-state index contributed by atoms with van der Waals surface area (Å²) in [7, 11) is -1.22. The minimum atomic E-state index is -3.12. The van der Waals surface area contributed by atoms with Gasteiger partial charge in [-0.2, -0.15) is 0 Å². The second-order valence-corrected chi connectivity index (χ2v) is 6.56. The third-order valence-corrected chi connectivity index (χ3v) is 4.38. The van der Waals surface area contributed by atoms with Gasteiger partial charge in [-0.25, -0.2) is 8.42 Å². The van der Waals surface area contributed by atoms with Gasteiger partial charge in [0.1, 0.15) is 0 Å². The van der Waals surface area contributed by atoms with Gasteiger partial charge in [-0.15, -0.1) is 0 Å². The SMILES string of the molecule is CNCC1(c2ccccc2S(C)(=O)=O)CC1. The molecule has 0 bridgehead atoms. The van der Waals surface area contributed by atoms with Crippen LogP contribution in [0.1, 0.15) is 18.4 Å². The second kappa shape index (κ2) is 3.86. The molecule has 0 unspecified atom stereocenters. The lowest BCUT2D eigenvalue weighted by Gasteiger charge is -2.18. The summed E-state index contributed by atoms with van der Waals surface area (Å²) in [6, 6.07) is 7.36. The highest BCUT2D eigenvalue weighted by atomic mass is 32.2. The van der Waals surface area contributed by atoms with Crippen molar-refractivity contribution in [3.05, 3.63) is 29.8 Å². The Morgan fingerprint density at radius 1 is 1.31 bits per heavy atom. The summed E-state index contributed by atoms with van der Waals surface area (Å²) in [4.78, 5) is 0.489. The number of sulfone groups is 1. The molecule has 1 N–H and O–H groups in total. The molecule has 0 aliphatic heterocycles. The van der Waals surface area contributed by atoms with Crippen LogP contribution in [0.2, 0.25) is 0 Å². The standard InChI is InChI=1S/C12H17NO2S/c1-13-9-12(7-8-12)10-5-3-4-6-11(10)16(2,14)15/h3-6,13H,7-9H2,1-2H3. The first-order valence-electron chi connectivity index (χ1n) is 5.44. The van der Waals surface area contributed by atoms with Crippen molar-refractivity contribution in [1.29, 1.82) is 0 Å². The van der Waals surface area contributed by atoms with Gasteiger partial charge in [0.2, 0.25) is 0 Å². The number of benzene rings is 1. The molecule has 1 aromatic carbocycles. The molecule has 3 nitrogen and oxygen atoms in total. The molecule has 0 aromatic heterocycles. The maximum absolute atomic E-state index is 11.7. The molecule has 16 heavy (non-hydrogen) atoms. The van der Waals surface area contributed by atoms with E-state index in [1.165, 1.54) is 6.26 Å². The Bertz CT molecular complexity index is 489. The zero-order valence-electron chi connectivity index (χ0n) is 9.66. The average Bonchev–Trinajstić information content (AvgIpc) is 2.98. The Hall–Kier alpha value is -0.870. The summed E-state index contributed by atoms with van der Waals surface area (Å²) in [5, 5.41) is 3.15. The van der Waals surface area contributed by atoms with E-state index in [-0.39, 0.29) is 5.41 Å². The predicted octanol–water partition coefficient (Wildman–Crippen LogP) is 1.34. The number of likely N-dealkylation sites (N-methyl/N-ethyl adjacent to an activating group) is 1. The summed E-state index contributed by atoms with van der Waals surface area (Å²) >= 11 is 0. The van der Waals surface area contributed by atoms with Gasteiger partial charge in [0.25, 0.3) is 0 Å². The molecule has 1 saturated carbocycles. The largest absolute Gasteiger partial charge is 0.319 e. The molecule has 0 atom stereocenters. The normalized spacial score (nSPS) is 18.4. The highest BCUT2D eigenvalue weighted by Crippen LogP contribution is 2.49. The third kappa shape index (κ3) is 1.99. The Balaban J connectivity index is 2.50. The maximum atomic E-state index is 11.7. The van der Waals surface area contributed by atoms with Crippen LogP contribution in [0.15, 0.2) is 29.2 Å². The van der Waals surface area contributed by atoms with Crippen molar-refractivity contribution in [2.75, 3.05) is 19.8 Å². The molecule has 0 amide bonds. The minimum absolute atomic E-state index is 0.0500. The lowest BCUT2D eigenvalue weighted by molar-refractivity contribution is 0.587. The van der Waals surface area contributed by atoms with E-state index in [2.05, 4.69) is 5.32 Å². The van der Waals surface area contributed by atoms with Crippen LogP contribution < -0.4 is 5.32 Å². The fraction of sp³-hybridized carbons (Fsp3) is 0.500. The lowest BCUT2D eigenvalue weighted by Crippen LogP contribution is -2.25. The van der Waals surface area contributed by atoms with Gasteiger partial charge in [-0.05, 0) is 31.5 Å². The molecule has 0 spiro atoms. The quantitative estimate of drug-likeness (QED) is 0.862. The molecule has 1 fully saturated rings. The lowest BCUT2D eigenvalue weighted by atomic mass is 9.96. The zero-order valence-corrected chi connectivity index (χ0v) is 10.5. The van der Waals surface area contributed by atoms with E-state index in [0.29, 0.717) is 4.90 Å². The van der Waals surface area contributed by atoms with Crippen LogP contribution >= 0.6 is 0 Å². The molecule has 4 heteroatoms. The zero-order chi connectivity index (χ0) is 11.8. The van der Waals surface area contributed by atoms with Crippen molar-refractivity contribution < 1.29 is 8.42 Å². The van der Waals surface area contributed by atoms with Gasteiger partial charge >= 0.3 is 0 Å². The van der Waals surface area contributed by atoms with Gasteiger partial charge in [-0.3, -0.25) is 0 Å². The Morgan fingerprint density at radius 3 is 2.44 bits per heavy atom. The Labute approximate surface area is 96.8 Å². The first kappa shape index (κ1) is 11.6. The highest BCUT2D eigenvalue weighted by Gasteiger charge is 2.45. The van der Waals surface area contributed by atoms with E-state index in [0.717, 1.165) is 24.9 Å². The molecule has 88 valence electrons. The Kier molecular flexibility index (Phi) is 2.80. The van der Waals surface area contributed by atoms with Crippen LogP contribution in [0.3, 0.4) is 0 Å². The number of rotatable bonds is 4. The van der Waals surface area contributed by atoms with Gasteiger partial charge in [-0.1, -0.05) is 18.2 Å². The number of nitrogens with one attached hydrogen (secondary N) is 1. The van der Waals surface area contributed by atoms with E-state index in [1.807, 2.05) is 19.2 Å². The van der Waals surface area contributed by atoms with Crippen molar-refractivity contribution in [3.63, 3.8) is 0 Å². The monoisotopic (exact) mass is 239 g/mol. The second-order valence-electron chi connectivity index (χ2n) is 4.58. The molecule has 2 rings (SSSR count). The van der Waals surface area contributed by atoms with Crippen LogP contribution in [0.5, 0.6) is 0 Å². The number of hydrogen-bond acceptors (Lipinski definition) is 3.